The van der Waals surface area contributed by atoms with Gasteiger partial charge in [0.25, 0.3) is 5.91 Å². The van der Waals surface area contributed by atoms with Crippen molar-refractivity contribution in [2.24, 2.45) is 5.92 Å². The lowest BCUT2D eigenvalue weighted by Crippen LogP contribution is -2.40. The molecule has 7 nitrogen and oxygen atoms in total. The van der Waals surface area contributed by atoms with Crippen LogP contribution in [0.25, 0.3) is 0 Å². The Labute approximate surface area is 167 Å². The van der Waals surface area contributed by atoms with Crippen LogP contribution in [0.2, 0.25) is 0 Å². The van der Waals surface area contributed by atoms with Crippen LogP contribution < -0.4 is 5.32 Å². The number of aromatic nitrogens is 1. The molecule has 0 radical (unpaired) electrons. The van der Waals surface area contributed by atoms with E-state index < -0.39 is 0 Å². The number of ether oxygens (including phenoxy) is 1. The van der Waals surface area contributed by atoms with Gasteiger partial charge in [0, 0.05) is 44.8 Å². The van der Waals surface area contributed by atoms with Crippen LogP contribution in [0.4, 0.5) is 0 Å². The van der Waals surface area contributed by atoms with Crippen LogP contribution in [-0.2, 0) is 9.53 Å². The zero-order chi connectivity index (χ0) is 19.9. The highest BCUT2D eigenvalue weighted by atomic mass is 16.5. The Kier molecular flexibility index (Phi) is 7.50. The minimum absolute atomic E-state index is 0.0802. The van der Waals surface area contributed by atoms with Crippen molar-refractivity contribution in [2.45, 2.75) is 39.5 Å². The second-order valence-electron chi connectivity index (χ2n) is 8.11. The van der Waals surface area contributed by atoms with Gasteiger partial charge in [0.15, 0.2) is 0 Å². The highest BCUT2D eigenvalue weighted by Gasteiger charge is 2.26. The number of aryl methyl sites for hydroxylation is 2. The van der Waals surface area contributed by atoms with Crippen molar-refractivity contribution in [3.63, 3.8) is 0 Å². The summed E-state index contributed by atoms with van der Waals surface area (Å²) in [6.45, 7) is 10.8. The number of amides is 2. The van der Waals surface area contributed by atoms with E-state index in [0.717, 1.165) is 83.0 Å². The summed E-state index contributed by atoms with van der Waals surface area (Å²) in [6, 6.07) is 2.00. The van der Waals surface area contributed by atoms with Crippen molar-refractivity contribution >= 4 is 11.8 Å². The highest BCUT2D eigenvalue weighted by Crippen LogP contribution is 2.22. The van der Waals surface area contributed by atoms with Gasteiger partial charge in [0.2, 0.25) is 5.91 Å². The molecular formula is C21H34N4O3. The minimum atomic E-state index is 0.0802. The third-order valence-corrected chi connectivity index (χ3v) is 5.82. The van der Waals surface area contributed by atoms with E-state index in [-0.39, 0.29) is 11.8 Å². The van der Waals surface area contributed by atoms with Gasteiger partial charge in [-0.25, -0.2) is 0 Å². The van der Waals surface area contributed by atoms with E-state index in [4.69, 9.17) is 4.74 Å². The Balaban J connectivity index is 1.32. The minimum Gasteiger partial charge on any atom is -0.379 e. The molecule has 2 fully saturated rings. The first-order valence-electron chi connectivity index (χ1n) is 10.5. The van der Waals surface area contributed by atoms with Gasteiger partial charge < -0.3 is 19.9 Å². The predicted molar refractivity (Wildman–Crippen MR) is 108 cm³/mol. The Morgan fingerprint density at radius 1 is 1.18 bits per heavy atom. The molecule has 2 aliphatic rings. The number of carbonyl (C=O) groups excluding carboxylic acids is 2. The van der Waals surface area contributed by atoms with Gasteiger partial charge in [-0.2, -0.15) is 0 Å². The number of nitrogens with one attached hydrogen (secondary N) is 2. The molecule has 28 heavy (non-hydrogen) atoms. The molecule has 0 bridgehead atoms. The second-order valence-corrected chi connectivity index (χ2v) is 8.11. The maximum atomic E-state index is 12.7. The molecule has 0 aromatic carbocycles. The van der Waals surface area contributed by atoms with Crippen LogP contribution in [0.1, 0.15) is 47.4 Å². The van der Waals surface area contributed by atoms with Crippen molar-refractivity contribution in [1.82, 2.24) is 20.1 Å². The number of hydrogen-bond donors (Lipinski definition) is 2. The smallest absolute Gasteiger partial charge is 0.270 e. The molecule has 2 saturated heterocycles. The quantitative estimate of drug-likeness (QED) is 0.695. The number of hydrogen-bond acceptors (Lipinski definition) is 4. The first kappa shape index (κ1) is 20.9. The van der Waals surface area contributed by atoms with E-state index in [1.807, 2.05) is 24.8 Å². The normalized spacial score (nSPS) is 19.0. The summed E-state index contributed by atoms with van der Waals surface area (Å²) in [5, 5.41) is 3.06. The van der Waals surface area contributed by atoms with Gasteiger partial charge in [0.1, 0.15) is 5.69 Å². The number of H-pyrrole nitrogens is 1. The fourth-order valence-electron chi connectivity index (χ4n) is 4.14. The molecule has 0 aliphatic carbocycles. The second kappa shape index (κ2) is 10.1. The molecule has 2 amide bonds. The van der Waals surface area contributed by atoms with Gasteiger partial charge in [-0.1, -0.05) is 0 Å². The molecule has 1 aromatic rings. The fourth-order valence-corrected chi connectivity index (χ4v) is 4.14. The van der Waals surface area contributed by atoms with Crippen molar-refractivity contribution < 1.29 is 14.3 Å². The highest BCUT2D eigenvalue weighted by molar-refractivity contribution is 5.94. The maximum Gasteiger partial charge on any atom is 0.270 e. The molecule has 0 atom stereocenters. The molecule has 156 valence electrons. The SMILES string of the molecule is Cc1cc(C)c(C(=O)N2CCC(CC(=O)NCCCN3CCOCC3)CC2)[nH]1. The summed E-state index contributed by atoms with van der Waals surface area (Å²) >= 11 is 0. The average Bonchev–Trinajstić information content (AvgIpc) is 3.04. The molecule has 2 N–H and O–H groups in total. The number of nitrogens with zero attached hydrogens (tertiary/aromatic N) is 2. The monoisotopic (exact) mass is 390 g/mol. The van der Waals surface area contributed by atoms with E-state index in [0.29, 0.717) is 18.0 Å². The summed E-state index contributed by atoms with van der Waals surface area (Å²) in [5.74, 6) is 0.592. The summed E-state index contributed by atoms with van der Waals surface area (Å²) in [5.41, 5.74) is 2.72. The van der Waals surface area contributed by atoms with Crippen LogP contribution in [0, 0.1) is 19.8 Å². The summed E-state index contributed by atoms with van der Waals surface area (Å²) < 4.78 is 5.35. The fraction of sp³-hybridized carbons (Fsp3) is 0.714. The van der Waals surface area contributed by atoms with Gasteiger partial charge in [-0.3, -0.25) is 14.5 Å². The number of aromatic amines is 1. The van der Waals surface area contributed by atoms with Crippen molar-refractivity contribution in [3.8, 4) is 0 Å². The Morgan fingerprint density at radius 2 is 1.89 bits per heavy atom. The van der Waals surface area contributed by atoms with Gasteiger partial charge >= 0.3 is 0 Å². The third kappa shape index (κ3) is 5.82. The van der Waals surface area contributed by atoms with E-state index in [1.54, 1.807) is 0 Å². The molecular weight excluding hydrogens is 356 g/mol. The average molecular weight is 391 g/mol. The lowest BCUT2D eigenvalue weighted by atomic mass is 9.93. The molecule has 0 unspecified atom stereocenters. The number of rotatable bonds is 7. The molecule has 3 heterocycles. The van der Waals surface area contributed by atoms with Crippen LogP contribution >= 0.6 is 0 Å². The Hall–Kier alpha value is -1.86. The number of morpholine rings is 1. The molecule has 2 aliphatic heterocycles. The Morgan fingerprint density at radius 3 is 2.54 bits per heavy atom. The van der Waals surface area contributed by atoms with Gasteiger partial charge in [-0.15, -0.1) is 0 Å². The van der Waals surface area contributed by atoms with E-state index in [2.05, 4.69) is 15.2 Å². The van der Waals surface area contributed by atoms with Crippen LogP contribution in [-0.4, -0.2) is 79.1 Å². The lowest BCUT2D eigenvalue weighted by Gasteiger charge is -2.31. The van der Waals surface area contributed by atoms with Crippen molar-refractivity contribution in [3.05, 3.63) is 23.0 Å². The molecule has 3 rings (SSSR count). The largest absolute Gasteiger partial charge is 0.379 e. The van der Waals surface area contributed by atoms with Crippen molar-refractivity contribution in [1.29, 1.82) is 0 Å². The third-order valence-electron chi connectivity index (χ3n) is 5.82. The van der Waals surface area contributed by atoms with Crippen LogP contribution in [0.5, 0.6) is 0 Å². The topological polar surface area (TPSA) is 77.7 Å². The number of likely N-dealkylation sites (tertiary alicyclic amines) is 1. The number of carbonyl (C=O) groups is 2. The standard InChI is InChI=1S/C21H34N4O3/c1-16-14-17(2)23-20(16)21(27)25-8-4-18(5-9-25)15-19(26)22-6-3-7-24-10-12-28-13-11-24/h14,18,23H,3-13,15H2,1-2H3,(H,22,26). The summed E-state index contributed by atoms with van der Waals surface area (Å²) in [7, 11) is 0. The lowest BCUT2D eigenvalue weighted by molar-refractivity contribution is -0.122. The number of piperidine rings is 1. The molecule has 7 heteroatoms. The maximum absolute atomic E-state index is 12.7. The predicted octanol–water partition coefficient (Wildman–Crippen LogP) is 1.71. The van der Waals surface area contributed by atoms with E-state index >= 15 is 0 Å². The first-order valence-corrected chi connectivity index (χ1v) is 10.5. The van der Waals surface area contributed by atoms with E-state index in [9.17, 15) is 9.59 Å². The van der Waals surface area contributed by atoms with Gasteiger partial charge in [0.05, 0.1) is 13.2 Å². The molecule has 1 aromatic heterocycles. The van der Waals surface area contributed by atoms with Crippen LogP contribution in [0.3, 0.4) is 0 Å². The van der Waals surface area contributed by atoms with E-state index in [1.165, 1.54) is 0 Å². The van der Waals surface area contributed by atoms with Crippen molar-refractivity contribution in [2.75, 3.05) is 52.5 Å². The summed E-state index contributed by atoms with van der Waals surface area (Å²) in [4.78, 5) is 32.4. The molecule has 0 saturated carbocycles. The molecule has 0 spiro atoms. The zero-order valence-corrected chi connectivity index (χ0v) is 17.3. The summed E-state index contributed by atoms with van der Waals surface area (Å²) in [6.07, 6.45) is 3.34. The van der Waals surface area contributed by atoms with Gasteiger partial charge in [-0.05, 0) is 57.2 Å². The Bertz CT molecular complexity index is 659. The first-order chi connectivity index (χ1) is 13.5. The van der Waals surface area contributed by atoms with Crippen LogP contribution in [0.15, 0.2) is 6.07 Å². The zero-order valence-electron chi connectivity index (χ0n) is 17.3.